The summed E-state index contributed by atoms with van der Waals surface area (Å²) in [5.41, 5.74) is -1.16. The van der Waals surface area contributed by atoms with Crippen molar-refractivity contribution >= 4 is 0 Å². The van der Waals surface area contributed by atoms with E-state index in [-0.39, 0.29) is 17.9 Å². The molecule has 0 radical (unpaired) electrons. The first kappa shape index (κ1) is 15.2. The molecule has 0 bridgehead atoms. The highest BCUT2D eigenvalue weighted by atomic mass is 19.4. The Bertz CT molecular complexity index is 483. The molecule has 8 heteroatoms. The Labute approximate surface area is 114 Å². The summed E-state index contributed by atoms with van der Waals surface area (Å²) in [4.78, 5) is 5.26. The highest BCUT2D eigenvalue weighted by Crippen LogP contribution is 2.38. The normalized spacial score (nSPS) is 27.8. The maximum absolute atomic E-state index is 12.4. The number of hydrogen-bond acceptors (Lipinski definition) is 5. The first-order valence-electron chi connectivity index (χ1n) is 6.36. The lowest BCUT2D eigenvalue weighted by atomic mass is 9.71. The number of hydrogen-bond donors (Lipinski definition) is 1. The van der Waals surface area contributed by atoms with Crippen LogP contribution in [0.25, 0.3) is 0 Å². The molecule has 1 atom stereocenters. The monoisotopic (exact) mass is 293 g/mol. The minimum absolute atomic E-state index is 0.0605. The topological polar surface area (TPSA) is 62.4 Å². The van der Waals surface area contributed by atoms with Crippen LogP contribution in [0, 0.1) is 5.41 Å². The van der Waals surface area contributed by atoms with Crippen molar-refractivity contribution in [3.05, 3.63) is 11.7 Å². The molecule has 5 nitrogen and oxygen atoms in total. The van der Waals surface area contributed by atoms with Gasteiger partial charge in [-0.05, 0) is 13.3 Å². The van der Waals surface area contributed by atoms with Crippen LogP contribution in [-0.4, -0.2) is 38.8 Å². The van der Waals surface area contributed by atoms with E-state index in [4.69, 9.17) is 0 Å². The largest absolute Gasteiger partial charge is 0.455 e. The number of aliphatic hydroxyl groups is 1. The van der Waals surface area contributed by atoms with Gasteiger partial charge in [0, 0.05) is 18.5 Å². The Morgan fingerprint density at radius 1 is 1.35 bits per heavy atom. The highest BCUT2D eigenvalue weighted by molar-refractivity contribution is 4.98. The standard InChI is InChI=1S/C12H18F3N3O2/c1-10(2)7-18(5-4-11(10,3)19)6-8-16-9(17-20-8)12(13,14)15/h19H,4-7H2,1-3H3/t11-/m1/s1. The van der Waals surface area contributed by atoms with E-state index in [1.165, 1.54) is 0 Å². The minimum atomic E-state index is -4.59. The molecule has 0 aliphatic carbocycles. The van der Waals surface area contributed by atoms with E-state index in [2.05, 4.69) is 14.7 Å². The molecule has 1 aromatic heterocycles. The third kappa shape index (κ3) is 2.95. The van der Waals surface area contributed by atoms with Gasteiger partial charge in [-0.25, -0.2) is 0 Å². The van der Waals surface area contributed by atoms with E-state index >= 15 is 0 Å². The van der Waals surface area contributed by atoms with Crippen molar-refractivity contribution in [1.82, 2.24) is 15.0 Å². The molecule has 2 rings (SSSR count). The van der Waals surface area contributed by atoms with Gasteiger partial charge in [-0.15, -0.1) is 0 Å². The molecule has 1 fully saturated rings. The van der Waals surface area contributed by atoms with E-state index in [9.17, 15) is 18.3 Å². The molecular weight excluding hydrogens is 275 g/mol. The van der Waals surface area contributed by atoms with Gasteiger partial charge in [0.2, 0.25) is 5.89 Å². The van der Waals surface area contributed by atoms with E-state index < -0.39 is 17.6 Å². The lowest BCUT2D eigenvalue weighted by molar-refractivity contribution is -0.146. The Morgan fingerprint density at radius 2 is 2.00 bits per heavy atom. The van der Waals surface area contributed by atoms with E-state index in [1.54, 1.807) is 6.92 Å². The van der Waals surface area contributed by atoms with Crippen LogP contribution in [0.5, 0.6) is 0 Å². The predicted molar refractivity (Wildman–Crippen MR) is 63.6 cm³/mol. The third-order valence-electron chi connectivity index (χ3n) is 4.07. The Morgan fingerprint density at radius 3 is 2.50 bits per heavy atom. The zero-order valence-corrected chi connectivity index (χ0v) is 11.7. The number of likely N-dealkylation sites (tertiary alicyclic amines) is 1. The summed E-state index contributed by atoms with van der Waals surface area (Å²) in [5, 5.41) is 13.2. The lowest BCUT2D eigenvalue weighted by Gasteiger charge is -2.48. The Hall–Kier alpha value is -1.15. The second kappa shape index (κ2) is 4.70. The maximum atomic E-state index is 12.4. The molecule has 1 aromatic rings. The van der Waals surface area contributed by atoms with Gasteiger partial charge in [-0.3, -0.25) is 4.90 Å². The Kier molecular flexibility index (Phi) is 3.58. The quantitative estimate of drug-likeness (QED) is 0.904. The van der Waals surface area contributed by atoms with Crippen LogP contribution >= 0.6 is 0 Å². The van der Waals surface area contributed by atoms with E-state index in [0.29, 0.717) is 19.5 Å². The average molecular weight is 293 g/mol. The summed E-state index contributed by atoms with van der Waals surface area (Å²) in [5.74, 6) is -1.31. The molecule has 1 aliphatic rings. The summed E-state index contributed by atoms with van der Waals surface area (Å²) in [6, 6.07) is 0. The van der Waals surface area contributed by atoms with E-state index in [1.807, 2.05) is 18.7 Å². The fourth-order valence-corrected chi connectivity index (χ4v) is 2.28. The van der Waals surface area contributed by atoms with Crippen LogP contribution in [0.4, 0.5) is 13.2 Å². The number of piperidine rings is 1. The molecule has 0 saturated carbocycles. The van der Waals surface area contributed by atoms with Gasteiger partial charge < -0.3 is 9.63 Å². The maximum Gasteiger partial charge on any atom is 0.455 e. The summed E-state index contributed by atoms with van der Waals surface area (Å²) in [7, 11) is 0. The molecule has 1 N–H and O–H groups in total. The molecule has 1 saturated heterocycles. The highest BCUT2D eigenvalue weighted by Gasteiger charge is 2.44. The number of rotatable bonds is 2. The van der Waals surface area contributed by atoms with Gasteiger partial charge in [-0.2, -0.15) is 18.2 Å². The zero-order chi connectivity index (χ0) is 15.2. The molecule has 0 amide bonds. The number of nitrogens with zero attached hydrogens (tertiary/aromatic N) is 3. The van der Waals surface area contributed by atoms with E-state index in [0.717, 1.165) is 0 Å². The fraction of sp³-hybridized carbons (Fsp3) is 0.833. The molecule has 0 aromatic carbocycles. The second-order valence-corrected chi connectivity index (χ2v) is 6.13. The van der Waals surface area contributed by atoms with Gasteiger partial charge in [0.15, 0.2) is 0 Å². The summed E-state index contributed by atoms with van der Waals surface area (Å²) in [6.07, 6.45) is -4.05. The first-order chi connectivity index (χ1) is 9.01. The summed E-state index contributed by atoms with van der Waals surface area (Å²) < 4.78 is 41.7. The van der Waals surface area contributed by atoms with Gasteiger partial charge in [0.1, 0.15) is 0 Å². The number of aromatic nitrogens is 2. The minimum Gasteiger partial charge on any atom is -0.390 e. The zero-order valence-electron chi connectivity index (χ0n) is 11.7. The van der Waals surface area contributed by atoms with Gasteiger partial charge in [0.05, 0.1) is 12.1 Å². The molecular formula is C12H18F3N3O2. The van der Waals surface area contributed by atoms with Gasteiger partial charge >= 0.3 is 6.18 Å². The number of halogens is 3. The van der Waals surface area contributed by atoms with Crippen LogP contribution in [0.1, 0.15) is 38.9 Å². The molecule has 0 spiro atoms. The Balaban J connectivity index is 2.03. The second-order valence-electron chi connectivity index (χ2n) is 6.13. The smallest absolute Gasteiger partial charge is 0.390 e. The van der Waals surface area contributed by atoms with Crippen molar-refractivity contribution in [2.45, 2.75) is 45.5 Å². The van der Waals surface area contributed by atoms with Crippen molar-refractivity contribution in [3.8, 4) is 0 Å². The predicted octanol–water partition coefficient (Wildman–Crippen LogP) is 2.07. The van der Waals surface area contributed by atoms with Crippen molar-refractivity contribution in [2.75, 3.05) is 13.1 Å². The van der Waals surface area contributed by atoms with Crippen LogP contribution in [0.3, 0.4) is 0 Å². The molecule has 2 heterocycles. The van der Waals surface area contributed by atoms with Crippen LogP contribution in [0.15, 0.2) is 4.52 Å². The first-order valence-corrected chi connectivity index (χ1v) is 6.36. The average Bonchev–Trinajstić information content (AvgIpc) is 2.72. The van der Waals surface area contributed by atoms with Crippen LogP contribution in [0.2, 0.25) is 0 Å². The van der Waals surface area contributed by atoms with Crippen molar-refractivity contribution < 1.29 is 22.8 Å². The number of alkyl halides is 3. The fourth-order valence-electron chi connectivity index (χ4n) is 2.28. The van der Waals surface area contributed by atoms with Crippen molar-refractivity contribution in [2.24, 2.45) is 5.41 Å². The van der Waals surface area contributed by atoms with Crippen molar-refractivity contribution in [3.63, 3.8) is 0 Å². The van der Waals surface area contributed by atoms with Gasteiger partial charge in [-0.1, -0.05) is 19.0 Å². The van der Waals surface area contributed by atoms with Crippen molar-refractivity contribution in [1.29, 1.82) is 0 Å². The molecule has 0 unspecified atom stereocenters. The molecule has 20 heavy (non-hydrogen) atoms. The summed E-state index contributed by atoms with van der Waals surface area (Å²) >= 11 is 0. The summed E-state index contributed by atoms with van der Waals surface area (Å²) in [6.45, 7) is 6.90. The lowest BCUT2D eigenvalue weighted by Crippen LogP contribution is -2.55. The SMILES string of the molecule is CC1(C)CN(Cc2nc(C(F)(F)F)no2)CC[C@@]1(C)O. The van der Waals surface area contributed by atoms with Crippen LogP contribution < -0.4 is 0 Å². The third-order valence-corrected chi connectivity index (χ3v) is 4.07. The molecule has 1 aliphatic heterocycles. The van der Waals surface area contributed by atoms with Gasteiger partial charge in [0.25, 0.3) is 5.82 Å². The molecule has 114 valence electrons. The van der Waals surface area contributed by atoms with Crippen LogP contribution in [-0.2, 0) is 12.7 Å².